The fourth-order valence-electron chi connectivity index (χ4n) is 4.22. The standard InChI is InChI=1S/C25H34N4O3/c1-26-25(27-12-9-19-5-8-23-24(15-19)32-18-31-23)28-16-20-10-13-29(14-11-20)17-21-3-6-22(30-2)7-4-21/h3-8,15,20H,9-14,16-18H2,1-2H3,(H2,26,27,28). The van der Waals surface area contributed by atoms with Gasteiger partial charge in [-0.1, -0.05) is 18.2 Å². The number of guanidine groups is 1. The minimum absolute atomic E-state index is 0.313. The number of aliphatic imine (C=N–C) groups is 1. The number of hydrogen-bond acceptors (Lipinski definition) is 5. The van der Waals surface area contributed by atoms with Gasteiger partial charge in [0.15, 0.2) is 17.5 Å². The van der Waals surface area contributed by atoms with Gasteiger partial charge < -0.3 is 24.8 Å². The Kier molecular flexibility index (Phi) is 7.72. The van der Waals surface area contributed by atoms with Crippen LogP contribution in [0.2, 0.25) is 0 Å². The lowest BCUT2D eigenvalue weighted by Gasteiger charge is -2.32. The van der Waals surface area contributed by atoms with E-state index in [9.17, 15) is 0 Å². The van der Waals surface area contributed by atoms with E-state index in [4.69, 9.17) is 14.2 Å². The van der Waals surface area contributed by atoms with Crippen LogP contribution in [0.4, 0.5) is 0 Å². The predicted molar refractivity (Wildman–Crippen MR) is 127 cm³/mol. The summed E-state index contributed by atoms with van der Waals surface area (Å²) in [6.45, 7) is 5.37. The van der Waals surface area contributed by atoms with Crippen LogP contribution in [0, 0.1) is 5.92 Å². The van der Waals surface area contributed by atoms with Crippen molar-refractivity contribution in [3.8, 4) is 17.2 Å². The number of ether oxygens (including phenoxy) is 3. The summed E-state index contributed by atoms with van der Waals surface area (Å²) >= 11 is 0. The van der Waals surface area contributed by atoms with Gasteiger partial charge in [-0.05, 0) is 73.7 Å². The minimum Gasteiger partial charge on any atom is -0.497 e. The summed E-state index contributed by atoms with van der Waals surface area (Å²) in [5.74, 6) is 4.12. The van der Waals surface area contributed by atoms with Crippen LogP contribution in [0.25, 0.3) is 0 Å². The summed E-state index contributed by atoms with van der Waals surface area (Å²) in [7, 11) is 3.53. The maximum atomic E-state index is 5.46. The van der Waals surface area contributed by atoms with Crippen molar-refractivity contribution in [2.24, 2.45) is 10.9 Å². The van der Waals surface area contributed by atoms with Crippen LogP contribution >= 0.6 is 0 Å². The van der Waals surface area contributed by atoms with E-state index in [1.807, 2.05) is 25.2 Å². The molecule has 0 spiro atoms. The lowest BCUT2D eigenvalue weighted by molar-refractivity contribution is 0.174. The van der Waals surface area contributed by atoms with Gasteiger partial charge in [0.2, 0.25) is 6.79 Å². The molecular weight excluding hydrogens is 404 g/mol. The van der Waals surface area contributed by atoms with Crippen LogP contribution in [0.15, 0.2) is 47.5 Å². The van der Waals surface area contributed by atoms with Crippen molar-refractivity contribution in [2.75, 3.05) is 47.1 Å². The lowest BCUT2D eigenvalue weighted by Crippen LogP contribution is -2.43. The van der Waals surface area contributed by atoms with E-state index >= 15 is 0 Å². The van der Waals surface area contributed by atoms with Crippen LogP contribution in [-0.2, 0) is 13.0 Å². The average molecular weight is 439 g/mol. The maximum Gasteiger partial charge on any atom is 0.231 e. The first-order valence-electron chi connectivity index (χ1n) is 11.4. The molecule has 7 nitrogen and oxygen atoms in total. The molecule has 7 heteroatoms. The van der Waals surface area contributed by atoms with E-state index < -0.39 is 0 Å². The van der Waals surface area contributed by atoms with Crippen molar-refractivity contribution in [3.63, 3.8) is 0 Å². The fourth-order valence-corrected chi connectivity index (χ4v) is 4.22. The van der Waals surface area contributed by atoms with E-state index in [0.29, 0.717) is 12.7 Å². The van der Waals surface area contributed by atoms with E-state index in [1.54, 1.807) is 7.11 Å². The zero-order chi connectivity index (χ0) is 22.2. The Labute approximate surface area is 190 Å². The monoisotopic (exact) mass is 438 g/mol. The molecule has 0 aliphatic carbocycles. The van der Waals surface area contributed by atoms with Gasteiger partial charge >= 0.3 is 0 Å². The molecule has 2 aromatic carbocycles. The molecular formula is C25H34N4O3. The first-order valence-corrected chi connectivity index (χ1v) is 11.4. The number of piperidine rings is 1. The Morgan fingerprint density at radius 1 is 1.03 bits per heavy atom. The number of fused-ring (bicyclic) bond motifs is 1. The molecule has 1 saturated heterocycles. The van der Waals surface area contributed by atoms with Gasteiger partial charge in [0.25, 0.3) is 0 Å². The van der Waals surface area contributed by atoms with Crippen molar-refractivity contribution in [1.82, 2.24) is 15.5 Å². The van der Waals surface area contributed by atoms with Gasteiger partial charge in [0.1, 0.15) is 5.75 Å². The molecule has 0 unspecified atom stereocenters. The molecule has 2 aliphatic heterocycles. The number of nitrogens with one attached hydrogen (secondary N) is 2. The van der Waals surface area contributed by atoms with Gasteiger partial charge in [-0.3, -0.25) is 9.89 Å². The highest BCUT2D eigenvalue weighted by Crippen LogP contribution is 2.32. The van der Waals surface area contributed by atoms with Crippen molar-refractivity contribution < 1.29 is 14.2 Å². The van der Waals surface area contributed by atoms with Gasteiger partial charge in [0, 0.05) is 26.7 Å². The highest BCUT2D eigenvalue weighted by atomic mass is 16.7. The second-order valence-corrected chi connectivity index (χ2v) is 8.39. The molecule has 2 aliphatic rings. The van der Waals surface area contributed by atoms with Gasteiger partial charge in [-0.15, -0.1) is 0 Å². The SMILES string of the molecule is CN=C(NCCc1ccc2c(c1)OCO2)NCC1CCN(Cc2ccc(OC)cc2)CC1. The van der Waals surface area contributed by atoms with E-state index in [0.717, 1.165) is 62.4 Å². The third-order valence-electron chi connectivity index (χ3n) is 6.20. The van der Waals surface area contributed by atoms with Crippen molar-refractivity contribution in [2.45, 2.75) is 25.8 Å². The summed E-state index contributed by atoms with van der Waals surface area (Å²) in [4.78, 5) is 6.91. The highest BCUT2D eigenvalue weighted by Gasteiger charge is 2.19. The maximum absolute atomic E-state index is 5.46. The Balaban J connectivity index is 1.13. The second-order valence-electron chi connectivity index (χ2n) is 8.39. The molecule has 2 aromatic rings. The average Bonchev–Trinajstić information content (AvgIpc) is 3.31. The summed E-state index contributed by atoms with van der Waals surface area (Å²) in [6, 6.07) is 14.5. The van der Waals surface area contributed by atoms with Crippen LogP contribution < -0.4 is 24.8 Å². The fraction of sp³-hybridized carbons (Fsp3) is 0.480. The summed E-state index contributed by atoms with van der Waals surface area (Å²) in [6.07, 6.45) is 3.32. The van der Waals surface area contributed by atoms with Gasteiger partial charge in [0.05, 0.1) is 7.11 Å². The molecule has 0 aromatic heterocycles. The van der Waals surface area contributed by atoms with E-state index in [1.165, 1.54) is 24.0 Å². The normalized spacial score (nSPS) is 16.8. The highest BCUT2D eigenvalue weighted by molar-refractivity contribution is 5.79. The Hall–Kier alpha value is -2.93. The van der Waals surface area contributed by atoms with E-state index in [-0.39, 0.29) is 0 Å². The molecule has 0 amide bonds. The Morgan fingerprint density at radius 3 is 2.53 bits per heavy atom. The minimum atomic E-state index is 0.313. The number of methoxy groups -OCH3 is 1. The van der Waals surface area contributed by atoms with Gasteiger partial charge in [-0.25, -0.2) is 0 Å². The Bertz CT molecular complexity index is 893. The molecule has 0 atom stereocenters. The van der Waals surface area contributed by atoms with Crippen LogP contribution in [0.5, 0.6) is 17.2 Å². The zero-order valence-electron chi connectivity index (χ0n) is 19.1. The first kappa shape index (κ1) is 22.3. The molecule has 1 fully saturated rings. The van der Waals surface area contributed by atoms with E-state index in [2.05, 4.69) is 44.8 Å². The second kappa shape index (κ2) is 11.1. The number of rotatable bonds is 8. The van der Waals surface area contributed by atoms with Crippen molar-refractivity contribution in [3.05, 3.63) is 53.6 Å². The summed E-state index contributed by atoms with van der Waals surface area (Å²) in [5.41, 5.74) is 2.57. The topological polar surface area (TPSA) is 67.4 Å². The third kappa shape index (κ3) is 6.07. The molecule has 172 valence electrons. The largest absolute Gasteiger partial charge is 0.497 e. The smallest absolute Gasteiger partial charge is 0.231 e. The quantitative estimate of drug-likeness (QED) is 0.488. The van der Waals surface area contributed by atoms with Crippen molar-refractivity contribution >= 4 is 5.96 Å². The van der Waals surface area contributed by atoms with Crippen molar-refractivity contribution in [1.29, 1.82) is 0 Å². The molecule has 32 heavy (non-hydrogen) atoms. The molecule has 0 radical (unpaired) electrons. The summed E-state index contributed by atoms with van der Waals surface area (Å²) in [5, 5.41) is 6.93. The molecule has 0 saturated carbocycles. The summed E-state index contributed by atoms with van der Waals surface area (Å²) < 4.78 is 16.1. The molecule has 4 rings (SSSR count). The van der Waals surface area contributed by atoms with Crippen LogP contribution in [0.1, 0.15) is 24.0 Å². The lowest BCUT2D eigenvalue weighted by atomic mass is 9.96. The number of likely N-dealkylation sites (tertiary alicyclic amines) is 1. The zero-order valence-corrected chi connectivity index (χ0v) is 19.1. The molecule has 0 bridgehead atoms. The number of nitrogens with zero attached hydrogens (tertiary/aromatic N) is 2. The Morgan fingerprint density at radius 2 is 1.78 bits per heavy atom. The number of benzene rings is 2. The first-order chi connectivity index (χ1) is 15.7. The third-order valence-corrected chi connectivity index (χ3v) is 6.20. The molecule has 2 heterocycles. The van der Waals surface area contributed by atoms with Crippen LogP contribution in [-0.4, -0.2) is 58.0 Å². The predicted octanol–water partition coefficient (Wildman–Crippen LogP) is 3.04. The van der Waals surface area contributed by atoms with Gasteiger partial charge in [-0.2, -0.15) is 0 Å². The molecule has 2 N–H and O–H groups in total. The number of hydrogen-bond donors (Lipinski definition) is 2. The van der Waals surface area contributed by atoms with Crippen LogP contribution in [0.3, 0.4) is 0 Å².